The summed E-state index contributed by atoms with van der Waals surface area (Å²) in [4.78, 5) is 18.8. The van der Waals surface area contributed by atoms with Crippen LogP contribution in [0.4, 0.5) is 24.5 Å². The number of nitrogens with one attached hydrogen (secondary N) is 1. The molecule has 5 rings (SSSR count). The summed E-state index contributed by atoms with van der Waals surface area (Å²) < 4.78 is 66.0. The van der Waals surface area contributed by atoms with Gasteiger partial charge in [0.2, 0.25) is 10.0 Å². The number of carbonyl (C=O) groups excluding carboxylic acids is 1. The highest BCUT2D eigenvalue weighted by Gasteiger charge is 2.33. The molecule has 0 saturated heterocycles. The lowest BCUT2D eigenvalue weighted by atomic mass is 9.91. The fourth-order valence-corrected chi connectivity index (χ4v) is 5.13. The molecule has 0 saturated carbocycles. The van der Waals surface area contributed by atoms with Crippen LogP contribution in [-0.4, -0.2) is 37.2 Å². The monoisotopic (exact) mass is 527 g/mol. The summed E-state index contributed by atoms with van der Waals surface area (Å²) >= 11 is 0. The van der Waals surface area contributed by atoms with E-state index >= 15 is 0 Å². The quantitative estimate of drug-likeness (QED) is 0.356. The van der Waals surface area contributed by atoms with E-state index in [4.69, 9.17) is 0 Å². The van der Waals surface area contributed by atoms with Crippen molar-refractivity contribution in [1.29, 1.82) is 0 Å². The number of aromatic hydroxyl groups is 1. The van der Waals surface area contributed by atoms with Crippen molar-refractivity contribution in [2.45, 2.75) is 12.6 Å². The lowest BCUT2D eigenvalue weighted by molar-refractivity contribution is -0.136. The molecule has 1 amide bonds. The Morgan fingerprint density at radius 3 is 2.49 bits per heavy atom. The van der Waals surface area contributed by atoms with Crippen LogP contribution >= 0.6 is 0 Å². The van der Waals surface area contributed by atoms with Crippen LogP contribution in [0.15, 0.2) is 67.0 Å². The predicted molar refractivity (Wildman–Crippen MR) is 134 cm³/mol. The predicted octanol–water partition coefficient (Wildman–Crippen LogP) is 5.20. The molecule has 37 heavy (non-hydrogen) atoms. The summed E-state index contributed by atoms with van der Waals surface area (Å²) in [7, 11) is -3.65. The average Bonchev–Trinajstić information content (AvgIpc) is 2.83. The SMILES string of the molecule is CS(=O)(=O)Nc1cc(N2CCc3cc(-c4ccc(C(F)(F)F)c5ccncc45)ccc3C2=O)ccc1O. The minimum Gasteiger partial charge on any atom is -0.506 e. The van der Waals surface area contributed by atoms with Gasteiger partial charge in [-0.25, -0.2) is 8.42 Å². The Bertz CT molecular complexity index is 1670. The van der Waals surface area contributed by atoms with E-state index in [0.29, 0.717) is 34.2 Å². The van der Waals surface area contributed by atoms with Crippen molar-refractivity contribution < 1.29 is 31.5 Å². The van der Waals surface area contributed by atoms with Crippen LogP contribution in [-0.2, 0) is 22.6 Å². The zero-order valence-electron chi connectivity index (χ0n) is 19.4. The maximum absolute atomic E-state index is 13.5. The molecule has 0 atom stereocenters. The second kappa shape index (κ2) is 8.77. The number of hydrogen-bond acceptors (Lipinski definition) is 5. The molecule has 0 unspecified atom stereocenters. The molecular weight excluding hydrogens is 507 g/mol. The molecule has 7 nitrogen and oxygen atoms in total. The summed E-state index contributed by atoms with van der Waals surface area (Å²) in [6.07, 6.45) is -0.369. The van der Waals surface area contributed by atoms with Crippen LogP contribution in [0.1, 0.15) is 21.5 Å². The van der Waals surface area contributed by atoms with Gasteiger partial charge in [0.1, 0.15) is 5.75 Å². The number of carbonyl (C=O) groups is 1. The highest BCUT2D eigenvalue weighted by atomic mass is 32.2. The molecule has 3 aromatic carbocycles. The van der Waals surface area contributed by atoms with Gasteiger partial charge in [0.25, 0.3) is 5.91 Å². The van der Waals surface area contributed by atoms with Gasteiger partial charge in [-0.1, -0.05) is 18.2 Å². The second-order valence-electron chi connectivity index (χ2n) is 8.73. The zero-order chi connectivity index (χ0) is 26.5. The Hall–Kier alpha value is -4.12. The van der Waals surface area contributed by atoms with E-state index in [1.165, 1.54) is 47.6 Å². The standard InChI is InChI=1S/C26H20F3N3O4S/c1-37(35,36)31-23-13-17(3-7-24(23)33)32-11-9-16-12-15(2-4-19(16)25(32)34)18-5-6-22(26(27,28)29)20-8-10-30-14-21(18)20/h2-8,10,12-14,31,33H,9,11H2,1H3. The number of pyridine rings is 1. The highest BCUT2D eigenvalue weighted by Crippen LogP contribution is 2.39. The smallest absolute Gasteiger partial charge is 0.417 e. The van der Waals surface area contributed by atoms with E-state index in [-0.39, 0.29) is 29.3 Å². The van der Waals surface area contributed by atoms with E-state index < -0.39 is 21.8 Å². The molecular formula is C26H20F3N3O4S. The molecule has 0 spiro atoms. The molecule has 0 aliphatic carbocycles. The topological polar surface area (TPSA) is 99.6 Å². The summed E-state index contributed by atoms with van der Waals surface area (Å²) in [5, 5.41) is 10.4. The number of phenolic OH excluding ortho intramolecular Hbond substituents is 1. The Balaban J connectivity index is 1.51. The lowest BCUT2D eigenvalue weighted by Gasteiger charge is -2.29. The molecule has 1 aromatic heterocycles. The number of anilines is 2. The van der Waals surface area contributed by atoms with Gasteiger partial charge >= 0.3 is 6.18 Å². The van der Waals surface area contributed by atoms with Gasteiger partial charge in [0, 0.05) is 35.6 Å². The molecule has 2 N–H and O–H groups in total. The van der Waals surface area contributed by atoms with Crippen molar-refractivity contribution in [3.05, 3.63) is 83.7 Å². The van der Waals surface area contributed by atoms with Crippen LogP contribution < -0.4 is 9.62 Å². The fraction of sp³-hybridized carbons (Fsp3) is 0.154. The van der Waals surface area contributed by atoms with Crippen molar-refractivity contribution in [3.8, 4) is 16.9 Å². The third kappa shape index (κ3) is 4.69. The first-order chi connectivity index (χ1) is 17.4. The number of halogens is 3. The normalized spacial score (nSPS) is 14.1. The van der Waals surface area contributed by atoms with Crippen LogP contribution in [0, 0.1) is 0 Å². The number of sulfonamides is 1. The highest BCUT2D eigenvalue weighted by molar-refractivity contribution is 7.92. The Morgan fingerprint density at radius 1 is 1.00 bits per heavy atom. The molecule has 0 radical (unpaired) electrons. The number of amides is 1. The molecule has 1 aliphatic rings. The summed E-state index contributed by atoms with van der Waals surface area (Å²) in [5.74, 6) is -0.593. The fourth-order valence-electron chi connectivity index (χ4n) is 4.56. The van der Waals surface area contributed by atoms with Gasteiger partial charge in [0.15, 0.2) is 0 Å². The number of fused-ring (bicyclic) bond motifs is 2. The molecule has 190 valence electrons. The third-order valence-electron chi connectivity index (χ3n) is 6.21. The minimum absolute atomic E-state index is 0.0447. The van der Waals surface area contributed by atoms with Gasteiger partial charge in [-0.05, 0) is 64.9 Å². The lowest BCUT2D eigenvalue weighted by Crippen LogP contribution is -2.37. The first kappa shape index (κ1) is 24.6. The zero-order valence-corrected chi connectivity index (χ0v) is 20.2. The average molecular weight is 528 g/mol. The Kier molecular flexibility index (Phi) is 5.82. The van der Waals surface area contributed by atoms with Gasteiger partial charge in [-0.15, -0.1) is 0 Å². The first-order valence-electron chi connectivity index (χ1n) is 11.1. The van der Waals surface area contributed by atoms with Crippen LogP contribution in [0.5, 0.6) is 5.75 Å². The van der Waals surface area contributed by atoms with Crippen molar-refractivity contribution in [3.63, 3.8) is 0 Å². The summed E-state index contributed by atoms with van der Waals surface area (Å²) in [5.41, 5.74) is 2.02. The van der Waals surface area contributed by atoms with E-state index in [1.54, 1.807) is 18.2 Å². The van der Waals surface area contributed by atoms with Gasteiger partial charge in [-0.3, -0.25) is 14.5 Å². The number of nitrogens with zero attached hydrogens (tertiary/aromatic N) is 2. The van der Waals surface area contributed by atoms with E-state index in [9.17, 15) is 31.5 Å². The molecule has 11 heteroatoms. The molecule has 0 bridgehead atoms. The molecule has 0 fully saturated rings. The number of hydrogen-bond donors (Lipinski definition) is 2. The maximum atomic E-state index is 13.5. The van der Waals surface area contributed by atoms with E-state index in [1.807, 2.05) is 0 Å². The van der Waals surface area contributed by atoms with Gasteiger partial charge in [-0.2, -0.15) is 13.2 Å². The Labute approximate surface area is 210 Å². The van der Waals surface area contributed by atoms with Gasteiger partial charge in [0.05, 0.1) is 17.5 Å². The number of rotatable bonds is 4. The molecule has 4 aromatic rings. The third-order valence-corrected chi connectivity index (χ3v) is 6.80. The molecule has 2 heterocycles. The van der Waals surface area contributed by atoms with Crippen LogP contribution in [0.25, 0.3) is 21.9 Å². The number of benzene rings is 3. The van der Waals surface area contributed by atoms with Gasteiger partial charge < -0.3 is 10.0 Å². The molecule has 1 aliphatic heterocycles. The van der Waals surface area contributed by atoms with Crippen molar-refractivity contribution in [1.82, 2.24) is 4.98 Å². The number of alkyl halides is 3. The minimum atomic E-state index is -4.51. The first-order valence-corrected chi connectivity index (χ1v) is 13.0. The van der Waals surface area contributed by atoms with Crippen LogP contribution in [0.2, 0.25) is 0 Å². The van der Waals surface area contributed by atoms with E-state index in [2.05, 4.69) is 9.71 Å². The maximum Gasteiger partial charge on any atom is 0.417 e. The summed E-state index contributed by atoms with van der Waals surface area (Å²) in [6.45, 7) is 0.285. The number of aromatic nitrogens is 1. The van der Waals surface area contributed by atoms with Crippen molar-refractivity contribution in [2.75, 3.05) is 22.4 Å². The van der Waals surface area contributed by atoms with E-state index in [0.717, 1.165) is 17.9 Å². The summed E-state index contributed by atoms with van der Waals surface area (Å²) in [6, 6.07) is 13.1. The Morgan fingerprint density at radius 2 is 1.76 bits per heavy atom. The van der Waals surface area contributed by atoms with Crippen molar-refractivity contribution in [2.24, 2.45) is 0 Å². The largest absolute Gasteiger partial charge is 0.506 e. The number of phenols is 1. The van der Waals surface area contributed by atoms with Crippen molar-refractivity contribution >= 4 is 38.1 Å². The van der Waals surface area contributed by atoms with Crippen LogP contribution in [0.3, 0.4) is 0 Å². The second-order valence-corrected chi connectivity index (χ2v) is 10.5.